The monoisotopic (exact) mass is 179 g/mol. The third-order valence-electron chi connectivity index (χ3n) is 0. The van der Waals surface area contributed by atoms with Crippen LogP contribution in [0, 0.1) is 0 Å². The van der Waals surface area contributed by atoms with Gasteiger partial charge in [-0.15, -0.1) is 0 Å². The molecule has 0 heterocycles. The van der Waals surface area contributed by atoms with Gasteiger partial charge in [-0.3, -0.25) is 0 Å². The summed E-state index contributed by atoms with van der Waals surface area (Å²) in [6, 6.07) is 0. The first-order valence-electron chi connectivity index (χ1n) is 0. The van der Waals surface area contributed by atoms with Crippen molar-refractivity contribution in [3.63, 3.8) is 0 Å². The molecule has 0 aliphatic rings. The van der Waals surface area contributed by atoms with Crippen molar-refractivity contribution >= 4 is 235 Å². The van der Waals surface area contributed by atoms with Crippen LogP contribution in [0.2, 0.25) is 0 Å². The SMILES string of the molecule is [K].[K].[K].[K].[Na]. The fourth-order valence-corrected chi connectivity index (χ4v) is 0. The molecule has 0 N–H and O–H groups in total. The van der Waals surface area contributed by atoms with Gasteiger partial charge in [0.1, 0.15) is 0 Å². The quantitative estimate of drug-likeness (QED) is 0.381. The summed E-state index contributed by atoms with van der Waals surface area (Å²) in [5, 5.41) is 0. The van der Waals surface area contributed by atoms with Gasteiger partial charge in [-0.05, 0) is 0 Å². The molecule has 5 heavy (non-hydrogen) atoms. The predicted octanol–water partition coefficient (Wildman–Crippen LogP) is -1.90. The van der Waals surface area contributed by atoms with Gasteiger partial charge in [0.05, 0.1) is 0 Å². The van der Waals surface area contributed by atoms with E-state index in [1.165, 1.54) is 0 Å². The normalized spacial score (nSPS) is 0. The van der Waals surface area contributed by atoms with E-state index in [2.05, 4.69) is 0 Å². The summed E-state index contributed by atoms with van der Waals surface area (Å²) < 4.78 is 0. The zero-order chi connectivity index (χ0) is 0. The Bertz CT molecular complexity index is 3.61. The van der Waals surface area contributed by atoms with Crippen molar-refractivity contribution in [1.82, 2.24) is 0 Å². The topological polar surface area (TPSA) is 0 Å². The minimum atomic E-state index is 0. The van der Waals surface area contributed by atoms with Gasteiger partial charge in [0, 0.05) is 235 Å². The van der Waals surface area contributed by atoms with E-state index in [0.29, 0.717) is 0 Å². The van der Waals surface area contributed by atoms with Gasteiger partial charge in [-0.2, -0.15) is 0 Å². The Kier molecular flexibility index (Phi) is 132. The van der Waals surface area contributed by atoms with Crippen LogP contribution in [-0.2, 0) is 0 Å². The van der Waals surface area contributed by atoms with E-state index in [9.17, 15) is 0 Å². The van der Waals surface area contributed by atoms with Crippen LogP contribution in [0.1, 0.15) is 0 Å². The van der Waals surface area contributed by atoms with E-state index in [-0.39, 0.29) is 235 Å². The third-order valence-corrected chi connectivity index (χ3v) is 0. The molecule has 0 saturated heterocycles. The maximum absolute atomic E-state index is 0. The first-order chi connectivity index (χ1) is 0. The predicted molar refractivity (Wildman–Crippen MR) is 28.8 cm³/mol. The zero-order valence-corrected chi connectivity index (χ0v) is 19.5. The summed E-state index contributed by atoms with van der Waals surface area (Å²) in [5.74, 6) is 0. The average Bonchev–Trinajstić information content (AvgIpc) is 0. The number of hydrogen-bond acceptors (Lipinski definition) is 0. The molecule has 0 nitrogen and oxygen atoms in total. The second-order valence-electron chi connectivity index (χ2n) is 0. The van der Waals surface area contributed by atoms with Crippen LogP contribution < -0.4 is 0 Å². The maximum Gasteiger partial charge on any atom is 0 e. The molecular formula is K4Na. The van der Waals surface area contributed by atoms with E-state index in [4.69, 9.17) is 0 Å². The molecule has 0 aromatic heterocycles. The molecule has 0 fully saturated rings. The van der Waals surface area contributed by atoms with E-state index in [1.54, 1.807) is 0 Å². The fourth-order valence-electron chi connectivity index (χ4n) is 0. The molecule has 0 spiro atoms. The molecule has 0 atom stereocenters. The molecule has 5 heteroatoms. The molecule has 0 aromatic carbocycles. The first kappa shape index (κ1) is 29.4. The molecule has 0 aliphatic heterocycles. The Morgan fingerprint density at radius 1 is 0.400 bits per heavy atom. The van der Waals surface area contributed by atoms with Gasteiger partial charge < -0.3 is 0 Å². The average molecular weight is 179 g/mol. The minimum Gasteiger partial charge on any atom is 0 e. The Labute approximate surface area is 225 Å². The largest absolute Gasteiger partial charge is 0 e. The van der Waals surface area contributed by atoms with E-state index < -0.39 is 0 Å². The number of hydrogen-bond donors (Lipinski definition) is 0. The van der Waals surface area contributed by atoms with E-state index in [0.717, 1.165) is 0 Å². The standard InChI is InChI=1S/4K.Na. The second-order valence-corrected chi connectivity index (χ2v) is 0. The summed E-state index contributed by atoms with van der Waals surface area (Å²) in [6.07, 6.45) is 0. The van der Waals surface area contributed by atoms with Crippen LogP contribution in [0.5, 0.6) is 0 Å². The van der Waals surface area contributed by atoms with Crippen molar-refractivity contribution in [2.24, 2.45) is 0 Å². The van der Waals surface area contributed by atoms with Crippen molar-refractivity contribution in [1.29, 1.82) is 0 Å². The van der Waals surface area contributed by atoms with Crippen molar-refractivity contribution in [3.8, 4) is 0 Å². The molecule has 0 aromatic rings. The smallest absolute Gasteiger partial charge is 0 e. The summed E-state index contributed by atoms with van der Waals surface area (Å²) in [4.78, 5) is 0. The molecule has 5 radical (unpaired) electrons. The van der Waals surface area contributed by atoms with Crippen LogP contribution in [0.4, 0.5) is 0 Å². The van der Waals surface area contributed by atoms with Crippen molar-refractivity contribution in [2.45, 2.75) is 0 Å². The molecule has 0 aliphatic carbocycles. The van der Waals surface area contributed by atoms with E-state index >= 15 is 0 Å². The van der Waals surface area contributed by atoms with E-state index in [1.807, 2.05) is 0 Å². The summed E-state index contributed by atoms with van der Waals surface area (Å²) in [6.45, 7) is 0. The molecule has 0 rings (SSSR count). The van der Waals surface area contributed by atoms with Crippen LogP contribution in [0.15, 0.2) is 0 Å². The van der Waals surface area contributed by atoms with Gasteiger partial charge in [0.15, 0.2) is 0 Å². The molecule has 0 amide bonds. The Hall–Kier alpha value is 7.55. The van der Waals surface area contributed by atoms with Gasteiger partial charge in [0.2, 0.25) is 0 Å². The Morgan fingerprint density at radius 3 is 0.400 bits per heavy atom. The van der Waals surface area contributed by atoms with Crippen LogP contribution >= 0.6 is 0 Å². The first-order valence-corrected chi connectivity index (χ1v) is 0. The minimum absolute atomic E-state index is 0. The third kappa shape index (κ3) is 18.5. The van der Waals surface area contributed by atoms with Crippen molar-refractivity contribution < 1.29 is 0 Å². The molecule has 0 saturated carbocycles. The fraction of sp³-hybridized carbons (Fsp3) is 0. The number of rotatable bonds is 0. The van der Waals surface area contributed by atoms with Gasteiger partial charge >= 0.3 is 0 Å². The molecule has 0 bridgehead atoms. The van der Waals surface area contributed by atoms with Crippen LogP contribution in [0.25, 0.3) is 0 Å². The molecular weight excluding hydrogens is 179 g/mol. The summed E-state index contributed by atoms with van der Waals surface area (Å²) >= 11 is 0. The van der Waals surface area contributed by atoms with Crippen molar-refractivity contribution in [2.75, 3.05) is 0 Å². The zero-order valence-electron chi connectivity index (χ0n) is 5.00. The Balaban J connectivity index is 0. The Morgan fingerprint density at radius 2 is 0.400 bits per heavy atom. The van der Waals surface area contributed by atoms with Gasteiger partial charge in [-0.25, -0.2) is 0 Å². The van der Waals surface area contributed by atoms with Crippen LogP contribution in [-0.4, -0.2) is 235 Å². The molecule has 0 unspecified atom stereocenters. The van der Waals surface area contributed by atoms with Gasteiger partial charge in [0.25, 0.3) is 0 Å². The maximum atomic E-state index is 0. The summed E-state index contributed by atoms with van der Waals surface area (Å²) in [5.41, 5.74) is 0. The second kappa shape index (κ2) is 22.6. The van der Waals surface area contributed by atoms with Crippen LogP contribution in [0.3, 0.4) is 0 Å². The van der Waals surface area contributed by atoms with Crippen molar-refractivity contribution in [3.05, 3.63) is 0 Å². The molecule has 5 valence electrons. The van der Waals surface area contributed by atoms with Gasteiger partial charge in [-0.1, -0.05) is 0 Å². The summed E-state index contributed by atoms with van der Waals surface area (Å²) in [7, 11) is 0.